The average Bonchev–Trinajstić information content (AvgIpc) is 2.29. The molecule has 2 N–H and O–H groups in total. The van der Waals surface area contributed by atoms with Crippen molar-refractivity contribution in [2.75, 3.05) is 0 Å². The minimum Gasteiger partial charge on any atom is -0.346 e. The van der Waals surface area contributed by atoms with Crippen molar-refractivity contribution in [1.29, 1.82) is 0 Å². The first-order valence-corrected chi connectivity index (χ1v) is 5.88. The van der Waals surface area contributed by atoms with Crippen LogP contribution in [0.25, 0.3) is 0 Å². The molecule has 0 fully saturated rings. The van der Waals surface area contributed by atoms with Crippen LogP contribution in [-0.4, -0.2) is 24.1 Å². The van der Waals surface area contributed by atoms with E-state index in [1.165, 1.54) is 0 Å². The molecule has 0 radical (unpaired) electrons. The highest BCUT2D eigenvalue weighted by molar-refractivity contribution is 6.35. The molecule has 94 valence electrons. The van der Waals surface area contributed by atoms with Gasteiger partial charge in [0.05, 0.1) is 0 Å². The maximum Gasteiger partial charge on any atom is 0.329 e. The van der Waals surface area contributed by atoms with Crippen molar-refractivity contribution < 1.29 is 9.59 Å². The molecular formula is C12H19N3O2. The van der Waals surface area contributed by atoms with Crippen LogP contribution in [0, 0.1) is 5.92 Å². The molecule has 0 aromatic rings. The van der Waals surface area contributed by atoms with Gasteiger partial charge in [-0.2, -0.15) is 5.10 Å². The Morgan fingerprint density at radius 3 is 2.71 bits per heavy atom. The van der Waals surface area contributed by atoms with Gasteiger partial charge in [0.1, 0.15) is 0 Å². The third-order valence-electron chi connectivity index (χ3n) is 2.39. The normalized spacial score (nSPS) is 19.6. The number of rotatable bonds is 3. The quantitative estimate of drug-likeness (QED) is 0.332. The zero-order valence-corrected chi connectivity index (χ0v) is 10.3. The monoisotopic (exact) mass is 237 g/mol. The van der Waals surface area contributed by atoms with Crippen LogP contribution in [0.5, 0.6) is 0 Å². The summed E-state index contributed by atoms with van der Waals surface area (Å²) in [6, 6.07) is -0.0549. The van der Waals surface area contributed by atoms with Gasteiger partial charge in [0.2, 0.25) is 0 Å². The molecule has 1 aliphatic rings. The summed E-state index contributed by atoms with van der Waals surface area (Å²) >= 11 is 0. The fourth-order valence-corrected chi connectivity index (χ4v) is 1.53. The minimum absolute atomic E-state index is 0.0549. The van der Waals surface area contributed by atoms with Crippen LogP contribution in [0.2, 0.25) is 0 Å². The molecule has 0 aliphatic heterocycles. The molecular weight excluding hydrogens is 218 g/mol. The Balaban J connectivity index is 2.29. The lowest BCUT2D eigenvalue weighted by Gasteiger charge is -2.11. The number of nitrogens with zero attached hydrogens (tertiary/aromatic N) is 1. The lowest BCUT2D eigenvalue weighted by atomic mass is 9.96. The van der Waals surface area contributed by atoms with E-state index in [0.29, 0.717) is 5.92 Å². The van der Waals surface area contributed by atoms with E-state index in [0.717, 1.165) is 19.3 Å². The Morgan fingerprint density at radius 2 is 2.12 bits per heavy atom. The molecule has 1 rings (SSSR count). The van der Waals surface area contributed by atoms with Crippen LogP contribution in [-0.2, 0) is 9.59 Å². The van der Waals surface area contributed by atoms with Crippen molar-refractivity contribution in [2.45, 2.75) is 39.2 Å². The predicted molar refractivity (Wildman–Crippen MR) is 66.4 cm³/mol. The van der Waals surface area contributed by atoms with Gasteiger partial charge in [0.15, 0.2) is 0 Å². The van der Waals surface area contributed by atoms with Crippen LogP contribution in [0.1, 0.15) is 33.1 Å². The molecule has 17 heavy (non-hydrogen) atoms. The van der Waals surface area contributed by atoms with E-state index >= 15 is 0 Å². The molecule has 0 aromatic carbocycles. The smallest absolute Gasteiger partial charge is 0.329 e. The molecule has 0 saturated carbocycles. The average molecular weight is 237 g/mol. The van der Waals surface area contributed by atoms with Crippen molar-refractivity contribution in [3.63, 3.8) is 0 Å². The summed E-state index contributed by atoms with van der Waals surface area (Å²) in [6.45, 7) is 3.59. The van der Waals surface area contributed by atoms with E-state index in [1.807, 2.05) is 0 Å². The van der Waals surface area contributed by atoms with E-state index in [9.17, 15) is 9.59 Å². The first-order valence-electron chi connectivity index (χ1n) is 5.88. The number of amides is 2. The van der Waals surface area contributed by atoms with E-state index in [-0.39, 0.29) is 6.04 Å². The van der Waals surface area contributed by atoms with Gasteiger partial charge in [-0.3, -0.25) is 9.59 Å². The van der Waals surface area contributed by atoms with E-state index in [4.69, 9.17) is 0 Å². The van der Waals surface area contributed by atoms with Gasteiger partial charge in [-0.15, -0.1) is 0 Å². The second-order valence-electron chi connectivity index (χ2n) is 4.39. The Kier molecular flexibility index (Phi) is 5.39. The summed E-state index contributed by atoms with van der Waals surface area (Å²) in [5, 5.41) is 6.30. The molecule has 0 saturated heterocycles. The second kappa shape index (κ2) is 6.83. The van der Waals surface area contributed by atoms with Crippen LogP contribution in [0.4, 0.5) is 0 Å². The molecule has 5 nitrogen and oxygen atoms in total. The maximum absolute atomic E-state index is 11.3. The van der Waals surface area contributed by atoms with Crippen molar-refractivity contribution in [2.24, 2.45) is 11.0 Å². The fourth-order valence-electron chi connectivity index (χ4n) is 1.53. The van der Waals surface area contributed by atoms with Gasteiger partial charge in [-0.05, 0) is 39.0 Å². The Bertz CT molecular complexity index is 335. The summed E-state index contributed by atoms with van der Waals surface area (Å²) < 4.78 is 0. The Labute approximate surface area is 101 Å². The molecule has 0 unspecified atom stereocenters. The third kappa shape index (κ3) is 5.29. The van der Waals surface area contributed by atoms with Gasteiger partial charge in [0.25, 0.3) is 0 Å². The molecule has 5 heteroatoms. The molecule has 2 amide bonds. The van der Waals surface area contributed by atoms with E-state index in [2.05, 4.69) is 28.0 Å². The standard InChI is InChI=1S/C12H19N3O2/c1-9(2)14-11(16)12(17)15-13-8-10-6-4-3-5-7-10/h3-4,8-10H,5-7H2,1-2H3,(H,14,16)(H,15,17)/b13-8-/t10-/m1/s1. The minimum atomic E-state index is -0.721. The lowest BCUT2D eigenvalue weighted by molar-refractivity contribution is -0.139. The summed E-state index contributed by atoms with van der Waals surface area (Å²) in [4.78, 5) is 22.5. The number of carbonyl (C=O) groups is 2. The molecule has 1 aliphatic carbocycles. The van der Waals surface area contributed by atoms with Gasteiger partial charge >= 0.3 is 11.8 Å². The van der Waals surface area contributed by atoms with E-state index in [1.54, 1.807) is 20.1 Å². The van der Waals surface area contributed by atoms with Crippen LogP contribution < -0.4 is 10.7 Å². The number of hydrogen-bond acceptors (Lipinski definition) is 3. The van der Waals surface area contributed by atoms with E-state index < -0.39 is 11.8 Å². The van der Waals surface area contributed by atoms with Gasteiger partial charge in [-0.25, -0.2) is 5.43 Å². The summed E-state index contributed by atoms with van der Waals surface area (Å²) in [5.74, 6) is -1.02. The number of hydrazone groups is 1. The first-order chi connectivity index (χ1) is 8.09. The molecule has 1 atom stereocenters. The molecule has 0 heterocycles. The van der Waals surface area contributed by atoms with Gasteiger partial charge in [-0.1, -0.05) is 12.2 Å². The number of carbonyl (C=O) groups excluding carboxylic acids is 2. The molecule has 0 bridgehead atoms. The van der Waals surface area contributed by atoms with Crippen LogP contribution in [0.3, 0.4) is 0 Å². The number of allylic oxidation sites excluding steroid dienone is 2. The SMILES string of the molecule is CC(C)NC(=O)C(=O)N/N=C\[C@@H]1CC=CCC1. The Hall–Kier alpha value is -1.65. The number of nitrogens with one attached hydrogen (secondary N) is 2. The summed E-state index contributed by atoms with van der Waals surface area (Å²) in [7, 11) is 0. The highest BCUT2D eigenvalue weighted by atomic mass is 16.2. The van der Waals surface area contributed by atoms with Crippen molar-refractivity contribution in [3.05, 3.63) is 12.2 Å². The first kappa shape index (κ1) is 13.4. The predicted octanol–water partition coefficient (Wildman–Crippen LogP) is 0.969. The van der Waals surface area contributed by atoms with Crippen molar-refractivity contribution >= 4 is 18.0 Å². The maximum atomic E-state index is 11.3. The number of hydrogen-bond donors (Lipinski definition) is 2. The summed E-state index contributed by atoms with van der Waals surface area (Å²) in [5.41, 5.74) is 2.23. The molecule has 0 aromatic heterocycles. The largest absolute Gasteiger partial charge is 0.346 e. The van der Waals surface area contributed by atoms with Crippen molar-refractivity contribution in [1.82, 2.24) is 10.7 Å². The fraction of sp³-hybridized carbons (Fsp3) is 0.583. The summed E-state index contributed by atoms with van der Waals surface area (Å²) in [6.07, 6.45) is 8.96. The second-order valence-corrected chi connectivity index (χ2v) is 4.39. The lowest BCUT2D eigenvalue weighted by Crippen LogP contribution is -2.41. The molecule has 0 spiro atoms. The third-order valence-corrected chi connectivity index (χ3v) is 2.39. The zero-order valence-electron chi connectivity index (χ0n) is 10.3. The van der Waals surface area contributed by atoms with Crippen LogP contribution >= 0.6 is 0 Å². The highest BCUT2D eigenvalue weighted by Gasteiger charge is 2.13. The Morgan fingerprint density at radius 1 is 1.35 bits per heavy atom. The highest BCUT2D eigenvalue weighted by Crippen LogP contribution is 2.15. The topological polar surface area (TPSA) is 70.6 Å². The van der Waals surface area contributed by atoms with Crippen LogP contribution in [0.15, 0.2) is 17.3 Å². The zero-order chi connectivity index (χ0) is 12.7. The van der Waals surface area contributed by atoms with Gasteiger partial charge < -0.3 is 5.32 Å². The van der Waals surface area contributed by atoms with Crippen molar-refractivity contribution in [3.8, 4) is 0 Å². The van der Waals surface area contributed by atoms with Gasteiger partial charge in [0, 0.05) is 12.3 Å².